The van der Waals surface area contributed by atoms with Crippen LogP contribution in [0.4, 0.5) is 29.3 Å². The summed E-state index contributed by atoms with van der Waals surface area (Å²) in [6.07, 6.45) is -5.40. The van der Waals surface area contributed by atoms with Gasteiger partial charge in [0.25, 0.3) is 0 Å². The Kier molecular flexibility index (Phi) is 6.90. The summed E-state index contributed by atoms with van der Waals surface area (Å²) >= 11 is 9.24. The molecule has 0 spiro atoms. The highest BCUT2D eigenvalue weighted by Crippen LogP contribution is 2.35. The molecule has 34 heavy (non-hydrogen) atoms. The predicted octanol–water partition coefficient (Wildman–Crippen LogP) is 6.76. The first-order valence-corrected chi connectivity index (χ1v) is 11.0. The number of hydrogen-bond donors (Lipinski definition) is 2. The average Bonchev–Trinajstić information content (AvgIpc) is 2.96. The second-order valence-corrected chi connectivity index (χ2v) is 8.41. The molecule has 4 rings (SSSR count). The number of anilines is 1. The SMILES string of the molecule is O=C(Nc1cccc(Cl)c1)ONC1=Nc2ccc(Br)cc2C(c2ccccc2C(F)(F)F)=NC1. The number of hydroxylamine groups is 1. The summed E-state index contributed by atoms with van der Waals surface area (Å²) in [5.74, 6) is 0.129. The van der Waals surface area contributed by atoms with Crippen LogP contribution in [0.5, 0.6) is 0 Å². The quantitative estimate of drug-likeness (QED) is 0.346. The van der Waals surface area contributed by atoms with Crippen molar-refractivity contribution in [1.82, 2.24) is 5.48 Å². The Bertz CT molecular complexity index is 1310. The van der Waals surface area contributed by atoms with Gasteiger partial charge in [0.2, 0.25) is 0 Å². The number of hydrogen-bond acceptors (Lipinski definition) is 5. The summed E-state index contributed by atoms with van der Waals surface area (Å²) in [4.78, 5) is 25.9. The number of halogens is 5. The van der Waals surface area contributed by atoms with Gasteiger partial charge in [0, 0.05) is 26.3 Å². The number of benzene rings is 3. The van der Waals surface area contributed by atoms with E-state index in [-0.39, 0.29) is 23.7 Å². The minimum Gasteiger partial charge on any atom is -0.323 e. The highest BCUT2D eigenvalue weighted by Gasteiger charge is 2.35. The van der Waals surface area contributed by atoms with Crippen molar-refractivity contribution in [2.75, 3.05) is 11.9 Å². The summed E-state index contributed by atoms with van der Waals surface area (Å²) in [7, 11) is 0. The second kappa shape index (κ2) is 9.86. The van der Waals surface area contributed by atoms with Gasteiger partial charge in [-0.1, -0.05) is 51.8 Å². The number of fused-ring (bicyclic) bond motifs is 1. The number of nitrogens with one attached hydrogen (secondary N) is 2. The third-order valence-electron chi connectivity index (χ3n) is 4.68. The van der Waals surface area contributed by atoms with Gasteiger partial charge in [-0.3, -0.25) is 10.3 Å². The molecule has 2 N–H and O–H groups in total. The van der Waals surface area contributed by atoms with Crippen molar-refractivity contribution in [2.45, 2.75) is 6.18 Å². The fraction of sp³-hybridized carbons (Fsp3) is 0.0870. The molecule has 0 atom stereocenters. The molecule has 0 unspecified atom stereocenters. The average molecular weight is 552 g/mol. The van der Waals surface area contributed by atoms with E-state index in [1.54, 1.807) is 36.4 Å². The van der Waals surface area contributed by atoms with Crippen LogP contribution in [-0.2, 0) is 11.0 Å². The van der Waals surface area contributed by atoms with Gasteiger partial charge in [-0.05, 0) is 42.5 Å². The molecule has 1 heterocycles. The van der Waals surface area contributed by atoms with Crippen LogP contribution in [0.3, 0.4) is 0 Å². The third-order valence-corrected chi connectivity index (χ3v) is 5.40. The van der Waals surface area contributed by atoms with Crippen molar-refractivity contribution in [2.24, 2.45) is 9.98 Å². The number of amidine groups is 1. The molecule has 174 valence electrons. The highest BCUT2D eigenvalue weighted by atomic mass is 79.9. The van der Waals surface area contributed by atoms with E-state index in [2.05, 4.69) is 36.7 Å². The number of amides is 1. The number of carbonyl (C=O) groups excluding carboxylic acids is 1. The molecule has 1 aliphatic rings. The van der Waals surface area contributed by atoms with Crippen LogP contribution in [0.2, 0.25) is 5.02 Å². The summed E-state index contributed by atoms with van der Waals surface area (Å²) in [6.45, 7) is -0.154. The van der Waals surface area contributed by atoms with E-state index >= 15 is 0 Å². The topological polar surface area (TPSA) is 75.1 Å². The Morgan fingerprint density at radius 3 is 2.59 bits per heavy atom. The Morgan fingerprint density at radius 1 is 1.03 bits per heavy atom. The zero-order valence-electron chi connectivity index (χ0n) is 17.2. The smallest absolute Gasteiger partial charge is 0.323 e. The second-order valence-electron chi connectivity index (χ2n) is 7.06. The molecular weight excluding hydrogens is 537 g/mol. The standard InChI is InChI=1S/C23H15BrClF3N4O2/c24-13-8-9-19-17(10-13)21(16-6-1-2-7-18(16)23(26,27)28)29-12-20(31-19)32-34-22(33)30-15-5-3-4-14(25)11-15/h1-11H,12H2,(H,30,33)(H,31,32). The van der Waals surface area contributed by atoms with E-state index in [4.69, 9.17) is 16.4 Å². The van der Waals surface area contributed by atoms with Gasteiger partial charge in [-0.25, -0.2) is 15.3 Å². The number of nitrogens with zero attached hydrogens (tertiary/aromatic N) is 2. The molecule has 1 amide bonds. The normalized spacial score (nSPS) is 13.2. The molecule has 0 aromatic heterocycles. The molecule has 0 bridgehead atoms. The van der Waals surface area contributed by atoms with Crippen molar-refractivity contribution < 1.29 is 22.8 Å². The maximum absolute atomic E-state index is 13.7. The molecule has 0 fully saturated rings. The summed E-state index contributed by atoms with van der Waals surface area (Å²) in [5, 5.41) is 2.93. The minimum atomic E-state index is -4.57. The fourth-order valence-electron chi connectivity index (χ4n) is 3.25. The molecule has 6 nitrogen and oxygen atoms in total. The van der Waals surface area contributed by atoms with Crippen LogP contribution in [0.1, 0.15) is 16.7 Å². The largest absolute Gasteiger partial charge is 0.435 e. The first-order chi connectivity index (χ1) is 16.2. The van der Waals surface area contributed by atoms with E-state index in [1.165, 1.54) is 24.3 Å². The van der Waals surface area contributed by atoms with Gasteiger partial charge in [0.1, 0.15) is 6.54 Å². The predicted molar refractivity (Wildman–Crippen MR) is 128 cm³/mol. The van der Waals surface area contributed by atoms with Crippen molar-refractivity contribution in [3.05, 3.63) is 92.9 Å². The Morgan fingerprint density at radius 2 is 1.82 bits per heavy atom. The van der Waals surface area contributed by atoms with Gasteiger partial charge in [0.05, 0.1) is 17.0 Å². The van der Waals surface area contributed by atoms with Crippen LogP contribution in [0.15, 0.2) is 81.2 Å². The van der Waals surface area contributed by atoms with Crippen LogP contribution in [0.25, 0.3) is 0 Å². The number of alkyl halides is 3. The van der Waals surface area contributed by atoms with Crippen LogP contribution >= 0.6 is 27.5 Å². The number of rotatable bonds is 2. The lowest BCUT2D eigenvalue weighted by Crippen LogP contribution is -2.31. The van der Waals surface area contributed by atoms with Crippen molar-refractivity contribution >= 4 is 56.5 Å². The van der Waals surface area contributed by atoms with Crippen molar-refractivity contribution in [3.63, 3.8) is 0 Å². The molecule has 1 aliphatic heterocycles. The third kappa shape index (κ3) is 5.57. The molecule has 0 aliphatic carbocycles. The maximum Gasteiger partial charge on any atom is 0.435 e. The van der Waals surface area contributed by atoms with Crippen LogP contribution < -0.4 is 10.8 Å². The molecule has 0 saturated heterocycles. The Labute approximate surface area is 205 Å². The minimum absolute atomic E-state index is 0.0783. The monoisotopic (exact) mass is 550 g/mol. The van der Waals surface area contributed by atoms with E-state index in [1.807, 2.05) is 0 Å². The molecule has 0 saturated carbocycles. The van der Waals surface area contributed by atoms with E-state index in [0.29, 0.717) is 26.4 Å². The number of aliphatic imine (C=N–C) groups is 2. The molecule has 3 aromatic carbocycles. The van der Waals surface area contributed by atoms with E-state index in [0.717, 1.165) is 6.07 Å². The zero-order chi connectivity index (χ0) is 24.3. The molecular formula is C23H15BrClF3N4O2. The maximum atomic E-state index is 13.7. The fourth-order valence-corrected chi connectivity index (χ4v) is 3.80. The lowest BCUT2D eigenvalue weighted by Gasteiger charge is -2.15. The molecule has 3 aromatic rings. The first kappa shape index (κ1) is 23.8. The van der Waals surface area contributed by atoms with Gasteiger partial charge in [-0.2, -0.15) is 13.2 Å². The van der Waals surface area contributed by atoms with Gasteiger partial charge in [0.15, 0.2) is 5.84 Å². The summed E-state index contributed by atoms with van der Waals surface area (Å²) < 4.78 is 41.7. The van der Waals surface area contributed by atoms with Crippen molar-refractivity contribution in [3.8, 4) is 0 Å². The van der Waals surface area contributed by atoms with E-state index < -0.39 is 17.8 Å². The van der Waals surface area contributed by atoms with Gasteiger partial charge >= 0.3 is 12.3 Å². The van der Waals surface area contributed by atoms with E-state index in [9.17, 15) is 18.0 Å². The zero-order valence-corrected chi connectivity index (χ0v) is 19.5. The Balaban J connectivity index is 1.61. The first-order valence-electron chi connectivity index (χ1n) is 9.78. The lowest BCUT2D eigenvalue weighted by molar-refractivity contribution is -0.137. The Hall–Kier alpha value is -3.37. The summed E-state index contributed by atoms with van der Waals surface area (Å²) in [6, 6.07) is 16.6. The number of carbonyl (C=O) groups is 1. The molecule has 0 radical (unpaired) electrons. The van der Waals surface area contributed by atoms with Crippen molar-refractivity contribution in [1.29, 1.82) is 0 Å². The highest BCUT2D eigenvalue weighted by molar-refractivity contribution is 9.10. The van der Waals surface area contributed by atoms with Gasteiger partial charge < -0.3 is 4.84 Å². The van der Waals surface area contributed by atoms with Crippen LogP contribution in [0, 0.1) is 0 Å². The summed E-state index contributed by atoms with van der Waals surface area (Å²) in [5.41, 5.74) is 2.83. The van der Waals surface area contributed by atoms with Crippen LogP contribution in [-0.4, -0.2) is 24.2 Å². The van der Waals surface area contributed by atoms with Gasteiger partial charge in [-0.15, -0.1) is 0 Å². The lowest BCUT2D eigenvalue weighted by atomic mass is 9.96. The molecule has 11 heteroatoms.